The summed E-state index contributed by atoms with van der Waals surface area (Å²) >= 11 is 0. The van der Waals surface area contributed by atoms with Gasteiger partial charge in [-0.2, -0.15) is 0 Å². The Morgan fingerprint density at radius 3 is 2.94 bits per heavy atom. The molecule has 2 heteroatoms. The molecule has 2 nitrogen and oxygen atoms in total. The predicted molar refractivity (Wildman–Crippen MR) is 63.1 cm³/mol. The van der Waals surface area contributed by atoms with Crippen molar-refractivity contribution in [3.05, 3.63) is 0 Å². The van der Waals surface area contributed by atoms with E-state index in [1.54, 1.807) is 0 Å². The number of rotatable bonds is 5. The Bertz CT molecular complexity index is 282. The van der Waals surface area contributed by atoms with Crippen LogP contribution in [0.15, 0.2) is 0 Å². The van der Waals surface area contributed by atoms with E-state index in [0.29, 0.717) is 36.2 Å². The van der Waals surface area contributed by atoms with Gasteiger partial charge in [-0.05, 0) is 31.1 Å². The van der Waals surface area contributed by atoms with Gasteiger partial charge < -0.3 is 0 Å². The van der Waals surface area contributed by atoms with Gasteiger partial charge in [0.15, 0.2) is 0 Å². The Morgan fingerprint density at radius 1 is 1.38 bits per heavy atom. The summed E-state index contributed by atoms with van der Waals surface area (Å²) in [7, 11) is 0. The molecule has 2 aliphatic rings. The first-order chi connectivity index (χ1) is 7.72. The van der Waals surface area contributed by atoms with Gasteiger partial charge in [-0.25, -0.2) is 0 Å². The molecule has 2 saturated carbocycles. The van der Waals surface area contributed by atoms with Crippen molar-refractivity contribution >= 4 is 11.6 Å². The quantitative estimate of drug-likeness (QED) is 0.716. The summed E-state index contributed by atoms with van der Waals surface area (Å²) in [5.74, 6) is 1.96. The summed E-state index contributed by atoms with van der Waals surface area (Å²) in [5, 5.41) is 0. The van der Waals surface area contributed by atoms with Crippen LogP contribution in [0.3, 0.4) is 0 Å². The first-order valence-corrected chi connectivity index (χ1v) is 6.76. The Hall–Kier alpha value is -0.660. The van der Waals surface area contributed by atoms with Crippen molar-refractivity contribution in [1.29, 1.82) is 0 Å². The molecule has 0 amide bonds. The van der Waals surface area contributed by atoms with E-state index < -0.39 is 0 Å². The fourth-order valence-corrected chi connectivity index (χ4v) is 3.48. The van der Waals surface area contributed by atoms with Crippen LogP contribution in [0.5, 0.6) is 0 Å². The molecule has 0 saturated heterocycles. The van der Waals surface area contributed by atoms with Crippen molar-refractivity contribution in [2.45, 2.75) is 58.3 Å². The van der Waals surface area contributed by atoms with Crippen LogP contribution in [0.1, 0.15) is 58.3 Å². The van der Waals surface area contributed by atoms with Crippen LogP contribution in [0, 0.1) is 17.8 Å². The van der Waals surface area contributed by atoms with E-state index in [-0.39, 0.29) is 5.92 Å². The van der Waals surface area contributed by atoms with E-state index in [4.69, 9.17) is 0 Å². The number of unbranched alkanes of at least 4 members (excludes halogenated alkanes) is 1. The lowest BCUT2D eigenvalue weighted by atomic mass is 9.87. The number of Topliss-reactive ketones (excluding diaryl/α,β-unsaturated/α-hetero) is 2. The standard InChI is InChI=1S/C14H22O2/c1-2-3-6-11(15)9-13-12-7-4-5-10(12)8-14(13)16/h10,12-13H,2-9H2,1H3. The van der Waals surface area contributed by atoms with Crippen molar-refractivity contribution in [2.24, 2.45) is 17.8 Å². The number of ketones is 2. The summed E-state index contributed by atoms with van der Waals surface area (Å²) in [4.78, 5) is 23.6. The van der Waals surface area contributed by atoms with Gasteiger partial charge >= 0.3 is 0 Å². The molecule has 0 aromatic carbocycles. The second-order valence-electron chi connectivity index (χ2n) is 5.48. The zero-order valence-electron chi connectivity index (χ0n) is 10.2. The minimum atomic E-state index is 0.0943. The van der Waals surface area contributed by atoms with Crippen LogP contribution < -0.4 is 0 Å². The van der Waals surface area contributed by atoms with Crippen molar-refractivity contribution < 1.29 is 9.59 Å². The minimum absolute atomic E-state index is 0.0943. The van der Waals surface area contributed by atoms with Crippen molar-refractivity contribution in [1.82, 2.24) is 0 Å². The van der Waals surface area contributed by atoms with Gasteiger partial charge in [-0.15, -0.1) is 0 Å². The molecular formula is C14H22O2. The van der Waals surface area contributed by atoms with Crippen LogP contribution in [-0.2, 0) is 9.59 Å². The molecule has 3 atom stereocenters. The third kappa shape index (κ3) is 2.36. The third-order valence-electron chi connectivity index (χ3n) is 4.37. The van der Waals surface area contributed by atoms with Crippen LogP contribution in [0.25, 0.3) is 0 Å². The van der Waals surface area contributed by atoms with E-state index in [0.717, 1.165) is 19.3 Å². The zero-order chi connectivity index (χ0) is 11.5. The lowest BCUT2D eigenvalue weighted by Gasteiger charge is -2.15. The maximum Gasteiger partial charge on any atom is 0.136 e. The Kier molecular flexibility index (Phi) is 3.78. The molecule has 0 aromatic rings. The first-order valence-electron chi connectivity index (χ1n) is 6.76. The van der Waals surface area contributed by atoms with Gasteiger partial charge in [0.05, 0.1) is 0 Å². The second-order valence-corrected chi connectivity index (χ2v) is 5.48. The molecule has 16 heavy (non-hydrogen) atoms. The van der Waals surface area contributed by atoms with E-state index in [2.05, 4.69) is 6.92 Å². The van der Waals surface area contributed by atoms with Gasteiger partial charge in [0.1, 0.15) is 11.6 Å². The Balaban J connectivity index is 1.88. The van der Waals surface area contributed by atoms with E-state index in [9.17, 15) is 9.59 Å². The predicted octanol–water partition coefficient (Wildman–Crippen LogP) is 3.14. The highest BCUT2D eigenvalue weighted by atomic mass is 16.1. The summed E-state index contributed by atoms with van der Waals surface area (Å²) in [6.07, 6.45) is 7.69. The Labute approximate surface area is 97.8 Å². The van der Waals surface area contributed by atoms with Crippen molar-refractivity contribution in [2.75, 3.05) is 0 Å². The molecule has 0 bridgehead atoms. The molecular weight excluding hydrogens is 200 g/mol. The number of carbonyl (C=O) groups excluding carboxylic acids is 2. The Morgan fingerprint density at radius 2 is 2.19 bits per heavy atom. The normalized spacial score (nSPS) is 33.1. The molecule has 0 spiro atoms. The molecule has 3 unspecified atom stereocenters. The third-order valence-corrected chi connectivity index (χ3v) is 4.37. The largest absolute Gasteiger partial charge is 0.300 e. The number of hydrogen-bond donors (Lipinski definition) is 0. The highest BCUT2D eigenvalue weighted by Gasteiger charge is 2.44. The van der Waals surface area contributed by atoms with Gasteiger partial charge in [0, 0.05) is 25.2 Å². The number of hydrogen-bond acceptors (Lipinski definition) is 2. The fourth-order valence-electron chi connectivity index (χ4n) is 3.48. The molecule has 0 radical (unpaired) electrons. The maximum atomic E-state index is 11.8. The van der Waals surface area contributed by atoms with Gasteiger partial charge in [-0.1, -0.05) is 19.8 Å². The first kappa shape index (κ1) is 11.8. The zero-order valence-corrected chi connectivity index (χ0v) is 10.2. The van der Waals surface area contributed by atoms with Crippen molar-refractivity contribution in [3.8, 4) is 0 Å². The highest BCUT2D eigenvalue weighted by Crippen LogP contribution is 2.47. The summed E-state index contributed by atoms with van der Waals surface area (Å²) in [5.41, 5.74) is 0. The number of carbonyl (C=O) groups is 2. The SMILES string of the molecule is CCCCC(=O)CC1C(=O)CC2CCCC21. The van der Waals surface area contributed by atoms with Crippen LogP contribution >= 0.6 is 0 Å². The average molecular weight is 222 g/mol. The summed E-state index contributed by atoms with van der Waals surface area (Å²) < 4.78 is 0. The molecule has 2 aliphatic carbocycles. The van der Waals surface area contributed by atoms with E-state index >= 15 is 0 Å². The van der Waals surface area contributed by atoms with Gasteiger partial charge in [-0.3, -0.25) is 9.59 Å². The van der Waals surface area contributed by atoms with Gasteiger partial charge in [0.25, 0.3) is 0 Å². The second kappa shape index (κ2) is 5.11. The lowest BCUT2D eigenvalue weighted by Crippen LogP contribution is -2.19. The molecule has 2 fully saturated rings. The van der Waals surface area contributed by atoms with E-state index in [1.807, 2.05) is 0 Å². The average Bonchev–Trinajstić information content (AvgIpc) is 2.79. The summed E-state index contributed by atoms with van der Waals surface area (Å²) in [6, 6.07) is 0. The van der Waals surface area contributed by atoms with Crippen LogP contribution in [0.4, 0.5) is 0 Å². The number of fused-ring (bicyclic) bond motifs is 1. The highest BCUT2D eigenvalue weighted by molar-refractivity contribution is 5.90. The lowest BCUT2D eigenvalue weighted by molar-refractivity contribution is -0.127. The van der Waals surface area contributed by atoms with E-state index in [1.165, 1.54) is 19.3 Å². The van der Waals surface area contributed by atoms with Crippen LogP contribution in [0.2, 0.25) is 0 Å². The smallest absolute Gasteiger partial charge is 0.136 e. The molecule has 0 heterocycles. The molecule has 90 valence electrons. The minimum Gasteiger partial charge on any atom is -0.300 e. The fraction of sp³-hybridized carbons (Fsp3) is 0.857. The van der Waals surface area contributed by atoms with Crippen molar-refractivity contribution in [3.63, 3.8) is 0 Å². The molecule has 0 aliphatic heterocycles. The molecule has 2 rings (SSSR count). The molecule has 0 N–H and O–H groups in total. The van der Waals surface area contributed by atoms with Gasteiger partial charge in [0.2, 0.25) is 0 Å². The topological polar surface area (TPSA) is 34.1 Å². The summed E-state index contributed by atoms with van der Waals surface area (Å²) in [6.45, 7) is 2.10. The monoisotopic (exact) mass is 222 g/mol. The molecule has 0 aromatic heterocycles. The maximum absolute atomic E-state index is 11.8. The van der Waals surface area contributed by atoms with Crippen LogP contribution in [-0.4, -0.2) is 11.6 Å².